The third kappa shape index (κ3) is 5.71. The van der Waals surface area contributed by atoms with E-state index in [2.05, 4.69) is 25.7 Å². The van der Waals surface area contributed by atoms with Gasteiger partial charge in [0.1, 0.15) is 5.75 Å². The molecule has 3 N–H and O–H groups in total. The fourth-order valence-electron chi connectivity index (χ4n) is 2.68. The first kappa shape index (κ1) is 22.7. The lowest BCUT2D eigenvalue weighted by Gasteiger charge is -2.17. The number of ether oxygens (including phenoxy) is 3. The van der Waals surface area contributed by atoms with Gasteiger partial charge >= 0.3 is 12.6 Å². The van der Waals surface area contributed by atoms with Crippen LogP contribution >= 0.6 is 24.0 Å². The van der Waals surface area contributed by atoms with Crippen molar-refractivity contribution in [3.8, 4) is 17.2 Å². The fraction of sp³-hybridized carbons (Fsp3) is 0.438. The number of benzene rings is 1. The number of rotatable bonds is 7. The lowest BCUT2D eigenvalue weighted by Crippen LogP contribution is -2.43. The molecule has 3 rings (SSSR count). The van der Waals surface area contributed by atoms with Crippen molar-refractivity contribution in [3.05, 3.63) is 17.7 Å². The van der Waals surface area contributed by atoms with Gasteiger partial charge in [-0.2, -0.15) is 8.78 Å². The third-order valence-electron chi connectivity index (χ3n) is 4.01. The minimum Gasteiger partial charge on any atom is -0.454 e. The number of halogens is 3. The number of nitrogens with zero attached hydrogens (tertiary/aromatic N) is 2. The Bertz CT molecular complexity index is 779. The Morgan fingerprint density at radius 2 is 2.03 bits per heavy atom. The number of hydrogen-bond donors (Lipinski definition) is 3. The van der Waals surface area contributed by atoms with E-state index >= 15 is 0 Å². The second-order valence-corrected chi connectivity index (χ2v) is 5.75. The number of carbonyl (C=O) groups is 2. The van der Waals surface area contributed by atoms with Crippen LogP contribution in [0.25, 0.3) is 0 Å². The Labute approximate surface area is 182 Å². The Morgan fingerprint density at radius 3 is 2.66 bits per heavy atom. The Morgan fingerprint density at radius 1 is 1.31 bits per heavy atom. The van der Waals surface area contributed by atoms with Gasteiger partial charge < -0.3 is 30.2 Å². The van der Waals surface area contributed by atoms with Gasteiger partial charge in [0.25, 0.3) is 0 Å². The number of fused-ring (bicyclic) bond motifs is 1. The van der Waals surface area contributed by atoms with Gasteiger partial charge in [0, 0.05) is 38.3 Å². The average molecular weight is 527 g/mol. The van der Waals surface area contributed by atoms with Gasteiger partial charge in [-0.05, 0) is 6.07 Å². The molecule has 2 aliphatic heterocycles. The molecule has 10 nitrogen and oxygen atoms in total. The number of nitrogens with one attached hydrogen (secondary N) is 3. The van der Waals surface area contributed by atoms with Gasteiger partial charge in [-0.15, -0.1) is 24.0 Å². The highest BCUT2D eigenvalue weighted by molar-refractivity contribution is 14.0. The van der Waals surface area contributed by atoms with Gasteiger partial charge in [0.2, 0.25) is 12.7 Å². The first-order valence-electron chi connectivity index (χ1n) is 8.38. The summed E-state index contributed by atoms with van der Waals surface area (Å²) >= 11 is 0. The second kappa shape index (κ2) is 10.3. The molecule has 0 radical (unpaired) electrons. The van der Waals surface area contributed by atoms with Gasteiger partial charge in [-0.1, -0.05) is 0 Å². The van der Waals surface area contributed by atoms with Crippen LogP contribution in [-0.4, -0.2) is 62.9 Å². The third-order valence-corrected chi connectivity index (χ3v) is 4.01. The largest absolute Gasteiger partial charge is 0.454 e. The SMILES string of the molecule is CN=C(NCCN1C(=O)CNC1=O)NCc1cc2c(cc1OC(F)F)OCO2.I. The number of urea groups is 1. The molecule has 2 heterocycles. The van der Waals surface area contributed by atoms with Crippen LogP contribution in [0.1, 0.15) is 5.56 Å². The van der Waals surface area contributed by atoms with Crippen LogP contribution in [0.15, 0.2) is 17.1 Å². The Kier molecular flexibility index (Phi) is 8.04. The minimum atomic E-state index is -2.99. The predicted octanol–water partition coefficient (Wildman–Crippen LogP) is 0.851. The van der Waals surface area contributed by atoms with Crippen LogP contribution in [0, 0.1) is 0 Å². The number of guanidine groups is 1. The van der Waals surface area contributed by atoms with E-state index in [1.54, 1.807) is 6.07 Å². The molecule has 0 saturated carbocycles. The van der Waals surface area contributed by atoms with E-state index in [1.807, 2.05) is 0 Å². The molecule has 0 atom stereocenters. The van der Waals surface area contributed by atoms with Crippen molar-refractivity contribution in [1.82, 2.24) is 20.9 Å². The maximum atomic E-state index is 12.7. The molecule has 2 aliphatic rings. The summed E-state index contributed by atoms with van der Waals surface area (Å²) in [5.74, 6) is 0.772. The van der Waals surface area contributed by atoms with E-state index in [0.29, 0.717) is 23.0 Å². The predicted molar refractivity (Wildman–Crippen MR) is 108 cm³/mol. The van der Waals surface area contributed by atoms with Crippen molar-refractivity contribution in [3.63, 3.8) is 0 Å². The van der Waals surface area contributed by atoms with E-state index in [4.69, 9.17) is 9.47 Å². The molecule has 0 spiro atoms. The van der Waals surface area contributed by atoms with Crippen molar-refractivity contribution < 1.29 is 32.6 Å². The zero-order valence-electron chi connectivity index (χ0n) is 15.4. The quantitative estimate of drug-likeness (QED) is 0.209. The highest BCUT2D eigenvalue weighted by Gasteiger charge is 2.27. The van der Waals surface area contributed by atoms with Crippen molar-refractivity contribution >= 4 is 41.9 Å². The van der Waals surface area contributed by atoms with Gasteiger partial charge in [-0.25, -0.2) is 4.79 Å². The van der Waals surface area contributed by atoms with Gasteiger partial charge in [0.15, 0.2) is 17.5 Å². The number of hydrogen-bond acceptors (Lipinski definition) is 6. The normalized spacial score (nSPS) is 15.3. The number of imide groups is 1. The summed E-state index contributed by atoms with van der Waals surface area (Å²) in [6.45, 7) is -2.45. The maximum Gasteiger partial charge on any atom is 0.387 e. The van der Waals surface area contributed by atoms with Crippen molar-refractivity contribution in [2.45, 2.75) is 13.2 Å². The van der Waals surface area contributed by atoms with Crippen LogP contribution in [0.2, 0.25) is 0 Å². The fourth-order valence-corrected chi connectivity index (χ4v) is 2.68. The standard InChI is InChI=1S/C16H19F2N5O5.HI/c1-19-15(20-2-3-23-13(24)7-22-16(23)25)21-6-9-4-11-12(27-8-26-11)5-10(9)28-14(17)18;/h4-5,14H,2-3,6-8H2,1H3,(H,22,25)(H2,19,20,21);1H. The smallest absolute Gasteiger partial charge is 0.387 e. The van der Waals surface area contributed by atoms with Crippen LogP contribution in [0.5, 0.6) is 17.2 Å². The molecule has 0 aromatic heterocycles. The highest BCUT2D eigenvalue weighted by atomic mass is 127. The molecule has 13 heteroatoms. The molecule has 3 amide bonds. The lowest BCUT2D eigenvalue weighted by atomic mass is 10.1. The van der Waals surface area contributed by atoms with Crippen molar-refractivity contribution in [1.29, 1.82) is 0 Å². The molecule has 0 aliphatic carbocycles. The van der Waals surface area contributed by atoms with Crippen LogP contribution in [0.4, 0.5) is 13.6 Å². The van der Waals surface area contributed by atoms with Gasteiger partial charge in [0.05, 0.1) is 6.54 Å². The minimum absolute atomic E-state index is 0. The first-order valence-corrected chi connectivity index (χ1v) is 8.38. The number of amides is 3. The summed E-state index contributed by atoms with van der Waals surface area (Å²) in [6, 6.07) is 2.45. The number of alkyl halides is 2. The molecular weight excluding hydrogens is 507 g/mol. The monoisotopic (exact) mass is 527 g/mol. The molecule has 160 valence electrons. The zero-order valence-corrected chi connectivity index (χ0v) is 17.7. The molecule has 0 bridgehead atoms. The summed E-state index contributed by atoms with van der Waals surface area (Å²) in [7, 11) is 1.53. The molecular formula is C16H20F2IN5O5. The molecule has 1 saturated heterocycles. The van der Waals surface area contributed by atoms with Crippen LogP contribution in [-0.2, 0) is 11.3 Å². The molecule has 0 unspecified atom stereocenters. The first-order chi connectivity index (χ1) is 13.5. The summed E-state index contributed by atoms with van der Waals surface area (Å²) in [6.07, 6.45) is 0. The van der Waals surface area contributed by atoms with E-state index < -0.39 is 12.6 Å². The Balaban J connectivity index is 0.00000300. The zero-order chi connectivity index (χ0) is 20.1. The maximum absolute atomic E-state index is 12.7. The van der Waals surface area contributed by atoms with Crippen molar-refractivity contribution in [2.75, 3.05) is 33.5 Å². The number of carbonyl (C=O) groups excluding carboxylic acids is 2. The topological polar surface area (TPSA) is 114 Å². The summed E-state index contributed by atoms with van der Waals surface area (Å²) < 4.78 is 40.3. The van der Waals surface area contributed by atoms with Crippen molar-refractivity contribution in [2.24, 2.45) is 4.99 Å². The van der Waals surface area contributed by atoms with E-state index in [0.717, 1.165) is 4.90 Å². The summed E-state index contributed by atoms with van der Waals surface area (Å²) in [5, 5.41) is 8.32. The van der Waals surface area contributed by atoms with E-state index in [1.165, 1.54) is 13.1 Å². The second-order valence-electron chi connectivity index (χ2n) is 5.75. The molecule has 1 aromatic carbocycles. The molecule has 1 fully saturated rings. The number of aliphatic imine (C=N–C) groups is 1. The van der Waals surface area contributed by atoms with Gasteiger partial charge in [-0.3, -0.25) is 14.7 Å². The van der Waals surface area contributed by atoms with E-state index in [9.17, 15) is 18.4 Å². The van der Waals surface area contributed by atoms with E-state index in [-0.39, 0.29) is 68.6 Å². The molecule has 29 heavy (non-hydrogen) atoms. The highest BCUT2D eigenvalue weighted by Crippen LogP contribution is 2.38. The van der Waals surface area contributed by atoms with Crippen LogP contribution < -0.4 is 30.2 Å². The average Bonchev–Trinajstić information content (AvgIpc) is 3.24. The summed E-state index contributed by atoms with van der Waals surface area (Å²) in [5.41, 5.74) is 0.418. The lowest BCUT2D eigenvalue weighted by molar-refractivity contribution is -0.124. The Hall–Kier alpha value is -2.58. The molecule has 1 aromatic rings. The van der Waals surface area contributed by atoms with Crippen LogP contribution in [0.3, 0.4) is 0 Å². The summed E-state index contributed by atoms with van der Waals surface area (Å²) in [4.78, 5) is 28.1.